The van der Waals surface area contributed by atoms with Crippen LogP contribution in [0.5, 0.6) is 0 Å². The van der Waals surface area contributed by atoms with Crippen LogP contribution >= 0.6 is 0 Å². The Labute approximate surface area is 117 Å². The molecule has 1 aliphatic carbocycles. The summed E-state index contributed by atoms with van der Waals surface area (Å²) in [5.74, 6) is 0.547. The molecule has 1 aromatic carbocycles. The minimum Gasteiger partial charge on any atom is -0.380 e. The number of nitrogens with one attached hydrogen (secondary N) is 1. The fourth-order valence-corrected chi connectivity index (χ4v) is 2.67. The number of halogens is 1. The first kappa shape index (κ1) is 13.0. The van der Waals surface area contributed by atoms with Crippen LogP contribution < -0.4 is 5.32 Å². The van der Waals surface area contributed by atoms with E-state index in [1.165, 1.54) is 29.9 Å². The van der Waals surface area contributed by atoms with Gasteiger partial charge in [0.2, 0.25) is 0 Å². The Hall–Kier alpha value is -1.98. The standard InChI is InChI=1S/C14H18FN5/c1-10-2-4-11(5-3-10)17-14-8-12(6-7-13(14)15)20-9-16-18-19-20/h6-11,17H,2-5H2,1H3. The number of rotatable bonds is 3. The maximum absolute atomic E-state index is 13.9. The zero-order chi connectivity index (χ0) is 13.9. The molecule has 1 N–H and O–H groups in total. The first-order valence-electron chi connectivity index (χ1n) is 7.02. The molecule has 0 spiro atoms. The largest absolute Gasteiger partial charge is 0.380 e. The molecule has 2 aromatic rings. The van der Waals surface area contributed by atoms with E-state index in [1.807, 2.05) is 0 Å². The predicted molar refractivity (Wildman–Crippen MR) is 74.2 cm³/mol. The van der Waals surface area contributed by atoms with E-state index in [-0.39, 0.29) is 5.82 Å². The van der Waals surface area contributed by atoms with Gasteiger partial charge in [-0.1, -0.05) is 6.92 Å². The summed E-state index contributed by atoms with van der Waals surface area (Å²) < 4.78 is 15.4. The number of anilines is 1. The lowest BCUT2D eigenvalue weighted by Crippen LogP contribution is -2.25. The van der Waals surface area contributed by atoms with Crippen molar-refractivity contribution in [2.24, 2.45) is 5.92 Å². The molecule has 0 radical (unpaired) electrons. The highest BCUT2D eigenvalue weighted by Gasteiger charge is 2.19. The van der Waals surface area contributed by atoms with Crippen molar-refractivity contribution in [3.05, 3.63) is 30.3 Å². The number of nitrogens with zero attached hydrogens (tertiary/aromatic N) is 4. The second-order valence-corrected chi connectivity index (χ2v) is 5.52. The summed E-state index contributed by atoms with van der Waals surface area (Å²) in [4.78, 5) is 0. The first-order valence-corrected chi connectivity index (χ1v) is 7.02. The summed E-state index contributed by atoms with van der Waals surface area (Å²) in [5, 5.41) is 14.3. The minimum absolute atomic E-state index is 0.236. The molecule has 0 unspecified atom stereocenters. The SMILES string of the molecule is CC1CCC(Nc2cc(-n3cnnn3)ccc2F)CC1. The molecule has 20 heavy (non-hydrogen) atoms. The molecule has 0 atom stereocenters. The molecule has 1 aromatic heterocycles. The topological polar surface area (TPSA) is 55.6 Å². The van der Waals surface area contributed by atoms with Crippen molar-refractivity contribution in [2.45, 2.75) is 38.6 Å². The lowest BCUT2D eigenvalue weighted by atomic mass is 9.87. The normalized spacial score (nSPS) is 22.7. The molecule has 1 aliphatic rings. The van der Waals surface area contributed by atoms with E-state index in [0.717, 1.165) is 24.4 Å². The van der Waals surface area contributed by atoms with Crippen LogP contribution in [0.15, 0.2) is 24.5 Å². The third-order valence-corrected chi connectivity index (χ3v) is 3.94. The molecule has 0 saturated heterocycles. The van der Waals surface area contributed by atoms with Crippen molar-refractivity contribution in [2.75, 3.05) is 5.32 Å². The summed E-state index contributed by atoms with van der Waals surface area (Å²) >= 11 is 0. The third-order valence-electron chi connectivity index (χ3n) is 3.94. The van der Waals surface area contributed by atoms with Crippen LogP contribution in [0.25, 0.3) is 5.69 Å². The quantitative estimate of drug-likeness (QED) is 0.935. The van der Waals surface area contributed by atoms with Gasteiger partial charge in [0.05, 0.1) is 11.4 Å². The number of benzene rings is 1. The maximum Gasteiger partial charge on any atom is 0.146 e. The van der Waals surface area contributed by atoms with E-state index < -0.39 is 0 Å². The predicted octanol–water partition coefficient (Wildman–Crippen LogP) is 2.79. The molecule has 6 heteroatoms. The van der Waals surface area contributed by atoms with Crippen molar-refractivity contribution >= 4 is 5.69 Å². The molecule has 3 rings (SSSR count). The van der Waals surface area contributed by atoms with Gasteiger partial charge in [0.1, 0.15) is 12.1 Å². The van der Waals surface area contributed by atoms with Crippen LogP contribution in [0.3, 0.4) is 0 Å². The average molecular weight is 275 g/mol. The number of tetrazole rings is 1. The Balaban J connectivity index is 1.77. The fourth-order valence-electron chi connectivity index (χ4n) is 2.67. The van der Waals surface area contributed by atoms with Gasteiger partial charge in [-0.3, -0.25) is 0 Å². The van der Waals surface area contributed by atoms with Crippen LogP contribution in [0.2, 0.25) is 0 Å². The van der Waals surface area contributed by atoms with Gasteiger partial charge in [-0.15, -0.1) is 5.10 Å². The lowest BCUT2D eigenvalue weighted by molar-refractivity contribution is 0.360. The number of hydrogen-bond acceptors (Lipinski definition) is 4. The van der Waals surface area contributed by atoms with Crippen LogP contribution in [0, 0.1) is 11.7 Å². The van der Waals surface area contributed by atoms with E-state index in [9.17, 15) is 4.39 Å². The van der Waals surface area contributed by atoms with Crippen LogP contribution in [-0.4, -0.2) is 26.2 Å². The summed E-state index contributed by atoms with van der Waals surface area (Å²) in [6.07, 6.45) is 6.09. The average Bonchev–Trinajstić information content (AvgIpc) is 2.98. The Morgan fingerprint density at radius 2 is 2.05 bits per heavy atom. The molecule has 1 fully saturated rings. The van der Waals surface area contributed by atoms with Gasteiger partial charge in [0, 0.05) is 6.04 Å². The van der Waals surface area contributed by atoms with Crippen molar-refractivity contribution in [1.82, 2.24) is 20.2 Å². The maximum atomic E-state index is 13.9. The van der Waals surface area contributed by atoms with E-state index in [1.54, 1.807) is 12.1 Å². The second kappa shape index (κ2) is 5.56. The van der Waals surface area contributed by atoms with E-state index in [2.05, 4.69) is 27.8 Å². The van der Waals surface area contributed by atoms with Crippen LogP contribution in [0.4, 0.5) is 10.1 Å². The Bertz CT molecular complexity index is 561. The minimum atomic E-state index is -0.236. The van der Waals surface area contributed by atoms with E-state index in [4.69, 9.17) is 0 Å². The van der Waals surface area contributed by atoms with Gasteiger partial charge < -0.3 is 5.32 Å². The Kier molecular flexibility index (Phi) is 3.62. The van der Waals surface area contributed by atoms with Gasteiger partial charge in [-0.2, -0.15) is 0 Å². The molecular formula is C14H18FN5. The molecular weight excluding hydrogens is 257 g/mol. The van der Waals surface area contributed by atoms with Gasteiger partial charge in [0.15, 0.2) is 0 Å². The summed E-state index contributed by atoms with van der Waals surface area (Å²) in [6, 6.07) is 5.22. The van der Waals surface area contributed by atoms with Crippen molar-refractivity contribution in [1.29, 1.82) is 0 Å². The van der Waals surface area contributed by atoms with Crippen molar-refractivity contribution in [3.8, 4) is 5.69 Å². The van der Waals surface area contributed by atoms with E-state index in [0.29, 0.717) is 11.7 Å². The van der Waals surface area contributed by atoms with Gasteiger partial charge in [-0.05, 0) is 60.2 Å². The first-order chi connectivity index (χ1) is 9.72. The van der Waals surface area contributed by atoms with Crippen LogP contribution in [-0.2, 0) is 0 Å². The Morgan fingerprint density at radius 1 is 1.25 bits per heavy atom. The second-order valence-electron chi connectivity index (χ2n) is 5.52. The smallest absolute Gasteiger partial charge is 0.146 e. The molecule has 0 amide bonds. The summed E-state index contributed by atoms with van der Waals surface area (Å²) in [5.41, 5.74) is 1.28. The highest BCUT2D eigenvalue weighted by Crippen LogP contribution is 2.27. The molecule has 0 bridgehead atoms. The van der Waals surface area contributed by atoms with Crippen molar-refractivity contribution < 1.29 is 4.39 Å². The zero-order valence-electron chi connectivity index (χ0n) is 11.5. The highest BCUT2D eigenvalue weighted by molar-refractivity contribution is 5.52. The molecule has 0 aliphatic heterocycles. The van der Waals surface area contributed by atoms with Crippen molar-refractivity contribution in [3.63, 3.8) is 0 Å². The molecule has 1 heterocycles. The Morgan fingerprint density at radius 3 is 2.75 bits per heavy atom. The summed E-state index contributed by atoms with van der Waals surface area (Å²) in [7, 11) is 0. The molecule has 106 valence electrons. The number of hydrogen-bond donors (Lipinski definition) is 1. The van der Waals surface area contributed by atoms with Gasteiger partial charge in [0.25, 0.3) is 0 Å². The summed E-state index contributed by atoms with van der Waals surface area (Å²) in [6.45, 7) is 2.27. The zero-order valence-corrected chi connectivity index (χ0v) is 11.5. The van der Waals surface area contributed by atoms with Gasteiger partial charge in [-0.25, -0.2) is 9.07 Å². The highest BCUT2D eigenvalue weighted by atomic mass is 19.1. The van der Waals surface area contributed by atoms with Crippen LogP contribution in [0.1, 0.15) is 32.6 Å². The number of aromatic nitrogens is 4. The monoisotopic (exact) mass is 275 g/mol. The van der Waals surface area contributed by atoms with Gasteiger partial charge >= 0.3 is 0 Å². The third kappa shape index (κ3) is 2.79. The lowest BCUT2D eigenvalue weighted by Gasteiger charge is -2.28. The van der Waals surface area contributed by atoms with E-state index >= 15 is 0 Å². The molecule has 5 nitrogen and oxygen atoms in total. The molecule has 1 saturated carbocycles. The fraction of sp³-hybridized carbons (Fsp3) is 0.500.